The van der Waals surface area contributed by atoms with Gasteiger partial charge < -0.3 is 10.1 Å². The Morgan fingerprint density at radius 2 is 1.84 bits per heavy atom. The minimum atomic E-state index is -0.139. The summed E-state index contributed by atoms with van der Waals surface area (Å²) in [4.78, 5) is 27.3. The number of aryl methyl sites for hydroxylation is 1. The number of nitrogens with zero attached hydrogens (tertiary/aromatic N) is 3. The molecule has 25 heavy (non-hydrogen) atoms. The van der Waals surface area contributed by atoms with Gasteiger partial charge in [0.25, 0.3) is 0 Å². The zero-order chi connectivity index (χ0) is 17.8. The van der Waals surface area contributed by atoms with E-state index in [9.17, 15) is 9.59 Å². The highest BCUT2D eigenvalue weighted by Gasteiger charge is 2.18. The molecule has 0 aliphatic carbocycles. The third-order valence-electron chi connectivity index (χ3n) is 4.59. The minimum absolute atomic E-state index is 0.0285. The number of benzene rings is 1. The number of para-hydroxylation sites is 2. The fraction of sp³-hybridized carbons (Fsp3) is 0.556. The van der Waals surface area contributed by atoms with Gasteiger partial charge in [-0.2, -0.15) is 0 Å². The lowest BCUT2D eigenvalue weighted by atomic mass is 10.2. The first-order valence-corrected chi connectivity index (χ1v) is 8.87. The summed E-state index contributed by atoms with van der Waals surface area (Å²) < 4.78 is 8.58. The summed E-state index contributed by atoms with van der Waals surface area (Å²) in [6, 6.07) is 7.61. The lowest BCUT2D eigenvalue weighted by Crippen LogP contribution is -2.47. The third kappa shape index (κ3) is 3.93. The van der Waals surface area contributed by atoms with Crippen molar-refractivity contribution >= 4 is 16.9 Å². The number of imidazole rings is 1. The number of rotatable bonds is 6. The van der Waals surface area contributed by atoms with E-state index in [1.54, 1.807) is 9.13 Å². The molecule has 1 aromatic heterocycles. The van der Waals surface area contributed by atoms with Crippen molar-refractivity contribution in [3.8, 4) is 0 Å². The minimum Gasteiger partial charge on any atom is -0.379 e. The Morgan fingerprint density at radius 3 is 2.48 bits per heavy atom. The molecule has 0 saturated carbocycles. The Morgan fingerprint density at radius 1 is 1.20 bits per heavy atom. The van der Waals surface area contributed by atoms with Gasteiger partial charge in [0.2, 0.25) is 5.91 Å². The van der Waals surface area contributed by atoms with Crippen LogP contribution in [0.2, 0.25) is 0 Å². The summed E-state index contributed by atoms with van der Waals surface area (Å²) in [6.45, 7) is 8.61. The highest BCUT2D eigenvalue weighted by Crippen LogP contribution is 2.12. The molecule has 1 aliphatic rings. The molecular formula is C18H26N4O3. The first-order valence-electron chi connectivity index (χ1n) is 8.87. The van der Waals surface area contributed by atoms with Crippen molar-refractivity contribution in [3.05, 3.63) is 34.7 Å². The van der Waals surface area contributed by atoms with Gasteiger partial charge in [-0.15, -0.1) is 0 Å². The van der Waals surface area contributed by atoms with Crippen molar-refractivity contribution in [2.45, 2.75) is 33.0 Å². The van der Waals surface area contributed by atoms with E-state index in [4.69, 9.17) is 4.74 Å². The zero-order valence-corrected chi connectivity index (χ0v) is 14.9. The van der Waals surface area contributed by atoms with Gasteiger partial charge >= 0.3 is 5.69 Å². The molecule has 1 N–H and O–H groups in total. The number of aromatic nitrogens is 2. The van der Waals surface area contributed by atoms with Crippen LogP contribution in [-0.4, -0.2) is 58.8 Å². The number of carbonyl (C=O) groups excluding carboxylic acids is 1. The summed E-state index contributed by atoms with van der Waals surface area (Å²) in [7, 11) is 0. The van der Waals surface area contributed by atoms with Crippen LogP contribution in [-0.2, 0) is 22.6 Å². The van der Waals surface area contributed by atoms with Crippen molar-refractivity contribution in [2.24, 2.45) is 0 Å². The molecule has 7 heteroatoms. The topological polar surface area (TPSA) is 68.5 Å². The van der Waals surface area contributed by atoms with Gasteiger partial charge in [-0.3, -0.25) is 18.8 Å². The SMILES string of the molecule is CCn1c(=O)n(CC(=O)N[C@@H](C)CN2CCOCC2)c2ccccc21. The molecule has 136 valence electrons. The standard InChI is InChI=1S/C18H26N4O3/c1-3-21-15-6-4-5-7-16(15)22(18(21)24)13-17(23)19-14(2)12-20-8-10-25-11-9-20/h4-7,14H,3,8-13H2,1-2H3,(H,19,23)/t14-/m0/s1. The molecule has 0 bridgehead atoms. The van der Waals surface area contributed by atoms with Crippen molar-refractivity contribution < 1.29 is 9.53 Å². The van der Waals surface area contributed by atoms with E-state index in [0.29, 0.717) is 6.54 Å². The summed E-state index contributed by atoms with van der Waals surface area (Å²) in [5.41, 5.74) is 1.52. The molecule has 2 aromatic rings. The third-order valence-corrected chi connectivity index (χ3v) is 4.59. The van der Waals surface area contributed by atoms with Crippen molar-refractivity contribution in [3.63, 3.8) is 0 Å². The van der Waals surface area contributed by atoms with E-state index in [1.807, 2.05) is 38.1 Å². The fourth-order valence-corrected chi connectivity index (χ4v) is 3.41. The second-order valence-corrected chi connectivity index (χ2v) is 6.48. The quantitative estimate of drug-likeness (QED) is 0.834. The van der Waals surface area contributed by atoms with E-state index in [-0.39, 0.29) is 24.2 Å². The molecule has 3 rings (SSSR count). The van der Waals surface area contributed by atoms with Gasteiger partial charge in [-0.1, -0.05) is 12.1 Å². The summed E-state index contributed by atoms with van der Waals surface area (Å²) in [6.07, 6.45) is 0. The van der Waals surface area contributed by atoms with Gasteiger partial charge in [0.05, 0.1) is 24.2 Å². The van der Waals surface area contributed by atoms with E-state index in [0.717, 1.165) is 43.9 Å². The maximum atomic E-state index is 12.6. The van der Waals surface area contributed by atoms with Crippen LogP contribution in [0.3, 0.4) is 0 Å². The Hall–Kier alpha value is -2.12. The van der Waals surface area contributed by atoms with Crippen molar-refractivity contribution in [1.82, 2.24) is 19.4 Å². The lowest BCUT2D eigenvalue weighted by molar-refractivity contribution is -0.122. The van der Waals surface area contributed by atoms with Crippen molar-refractivity contribution in [1.29, 1.82) is 0 Å². The second kappa shape index (κ2) is 7.84. The molecule has 2 heterocycles. The van der Waals surface area contributed by atoms with E-state index < -0.39 is 0 Å². The first kappa shape index (κ1) is 17.7. The molecule has 1 saturated heterocycles. The largest absolute Gasteiger partial charge is 0.379 e. The van der Waals surface area contributed by atoms with Gasteiger partial charge in [0.1, 0.15) is 6.54 Å². The van der Waals surface area contributed by atoms with Crippen LogP contribution in [0.15, 0.2) is 29.1 Å². The van der Waals surface area contributed by atoms with E-state index >= 15 is 0 Å². The number of amides is 1. The lowest BCUT2D eigenvalue weighted by Gasteiger charge is -2.29. The highest BCUT2D eigenvalue weighted by molar-refractivity contribution is 5.81. The molecule has 1 aliphatic heterocycles. The first-order chi connectivity index (χ1) is 12.1. The second-order valence-electron chi connectivity index (χ2n) is 6.48. The number of ether oxygens (including phenoxy) is 1. The Bertz CT molecular complexity index is 789. The molecule has 0 unspecified atom stereocenters. The average molecular weight is 346 g/mol. The van der Waals surface area contributed by atoms with Gasteiger partial charge in [0.15, 0.2) is 0 Å². The van der Waals surface area contributed by atoms with Crippen LogP contribution in [0.5, 0.6) is 0 Å². The van der Waals surface area contributed by atoms with E-state index in [1.165, 1.54) is 0 Å². The molecule has 0 radical (unpaired) electrons. The van der Waals surface area contributed by atoms with Crippen LogP contribution in [0.4, 0.5) is 0 Å². The summed E-state index contributed by atoms with van der Waals surface area (Å²) in [5, 5.41) is 3.00. The monoisotopic (exact) mass is 346 g/mol. The van der Waals surface area contributed by atoms with Crippen LogP contribution < -0.4 is 11.0 Å². The fourth-order valence-electron chi connectivity index (χ4n) is 3.41. The van der Waals surface area contributed by atoms with Crippen LogP contribution in [0.1, 0.15) is 13.8 Å². The molecular weight excluding hydrogens is 320 g/mol. The number of hydrogen-bond donors (Lipinski definition) is 1. The number of fused-ring (bicyclic) bond motifs is 1. The number of hydrogen-bond acceptors (Lipinski definition) is 4. The molecule has 1 amide bonds. The van der Waals surface area contributed by atoms with E-state index in [2.05, 4.69) is 10.2 Å². The Balaban J connectivity index is 1.67. The molecule has 0 spiro atoms. The molecule has 1 aromatic carbocycles. The summed E-state index contributed by atoms with van der Waals surface area (Å²) in [5.74, 6) is -0.137. The van der Waals surface area contributed by atoms with Gasteiger partial charge in [-0.05, 0) is 26.0 Å². The molecule has 7 nitrogen and oxygen atoms in total. The number of morpholine rings is 1. The van der Waals surface area contributed by atoms with Gasteiger partial charge in [0, 0.05) is 32.2 Å². The Kier molecular flexibility index (Phi) is 5.55. The maximum absolute atomic E-state index is 12.6. The van der Waals surface area contributed by atoms with Crippen LogP contribution in [0, 0.1) is 0 Å². The van der Waals surface area contributed by atoms with Crippen LogP contribution >= 0.6 is 0 Å². The highest BCUT2D eigenvalue weighted by atomic mass is 16.5. The normalized spacial score (nSPS) is 16.9. The molecule has 1 fully saturated rings. The number of carbonyl (C=O) groups is 1. The predicted octanol–water partition coefficient (Wildman–Crippen LogP) is 0.660. The predicted molar refractivity (Wildman–Crippen MR) is 96.7 cm³/mol. The number of nitrogens with one attached hydrogen (secondary N) is 1. The average Bonchev–Trinajstić information content (AvgIpc) is 2.87. The Labute approximate surface area is 147 Å². The van der Waals surface area contributed by atoms with Crippen LogP contribution in [0.25, 0.3) is 11.0 Å². The maximum Gasteiger partial charge on any atom is 0.329 e. The smallest absolute Gasteiger partial charge is 0.329 e. The zero-order valence-electron chi connectivity index (χ0n) is 14.9. The van der Waals surface area contributed by atoms with Crippen molar-refractivity contribution in [2.75, 3.05) is 32.8 Å². The molecule has 1 atom stereocenters. The van der Waals surface area contributed by atoms with Gasteiger partial charge in [-0.25, -0.2) is 4.79 Å². The summed E-state index contributed by atoms with van der Waals surface area (Å²) >= 11 is 0.